The van der Waals surface area contributed by atoms with Crippen LogP contribution in [0, 0.1) is 0 Å². The number of allylic oxidation sites excluding steroid dienone is 13. The average Bonchev–Trinajstić information content (AvgIpc) is 3.32. The molecule has 0 rings (SSSR count). The van der Waals surface area contributed by atoms with Gasteiger partial charge in [-0.2, -0.15) is 0 Å². The molecule has 0 aliphatic carbocycles. The quantitative estimate of drug-likeness (QED) is 0.0212. The number of nitrogens with one attached hydrogen (secondary N) is 1. The fourth-order valence-corrected chi connectivity index (χ4v) is 8.39. The molecule has 0 aromatic rings. The third-order valence-electron chi connectivity index (χ3n) is 12.1. The molecule has 0 spiro atoms. The van der Waals surface area contributed by atoms with Crippen LogP contribution in [-0.4, -0.2) is 69.4 Å². The van der Waals surface area contributed by atoms with Crippen molar-refractivity contribution in [3.8, 4) is 0 Å². The maximum absolute atomic E-state index is 13.5. The van der Waals surface area contributed by atoms with E-state index in [1.165, 1.54) is 96.3 Å². The van der Waals surface area contributed by atoms with Crippen LogP contribution >= 0.6 is 7.82 Å². The fourth-order valence-electron chi connectivity index (χ4n) is 7.67. The van der Waals surface area contributed by atoms with Crippen molar-refractivity contribution in [1.82, 2.24) is 5.32 Å². The van der Waals surface area contributed by atoms with E-state index in [9.17, 15) is 19.0 Å². The van der Waals surface area contributed by atoms with E-state index in [2.05, 4.69) is 99.0 Å². The lowest BCUT2D eigenvalue weighted by Gasteiger charge is -2.30. The minimum absolute atomic E-state index is 0.0359. The SMILES string of the molecule is CC/C=C\C/C=C\C/C=C\C/C=C\C/C=C\CCCC(=O)OC(/C=C/CCCCCCCCCCC)C(COP(=O)([O-])OCC[N+](C)(C)C)NC(=O)CCCCCCC/C=C/CCCCCCCCC. The van der Waals surface area contributed by atoms with E-state index in [-0.39, 0.29) is 18.9 Å². The zero-order valence-electron chi connectivity index (χ0n) is 45.9. The largest absolute Gasteiger partial charge is 0.756 e. The number of carbonyl (C=O) groups excluding carboxylic acids is 2. The van der Waals surface area contributed by atoms with Gasteiger partial charge in [-0.1, -0.05) is 209 Å². The van der Waals surface area contributed by atoms with Crippen LogP contribution in [-0.2, 0) is 27.9 Å². The van der Waals surface area contributed by atoms with Crippen molar-refractivity contribution >= 4 is 19.7 Å². The number of quaternary nitrogens is 1. The van der Waals surface area contributed by atoms with Crippen molar-refractivity contribution in [2.24, 2.45) is 0 Å². The molecule has 10 heteroatoms. The Hall–Kier alpha value is -2.81. The Morgan fingerprint density at radius 2 is 0.929 bits per heavy atom. The van der Waals surface area contributed by atoms with Gasteiger partial charge in [0.05, 0.1) is 33.8 Å². The number of hydrogen-bond donors (Lipinski definition) is 1. The van der Waals surface area contributed by atoms with E-state index in [0.29, 0.717) is 23.9 Å². The third-order valence-corrected chi connectivity index (χ3v) is 13.0. The van der Waals surface area contributed by atoms with Gasteiger partial charge in [0, 0.05) is 12.8 Å². The first-order valence-electron chi connectivity index (χ1n) is 28.4. The van der Waals surface area contributed by atoms with E-state index in [0.717, 1.165) is 96.3 Å². The number of ether oxygens (including phenoxy) is 1. The number of carbonyl (C=O) groups is 2. The summed E-state index contributed by atoms with van der Waals surface area (Å²) in [7, 11) is 1.14. The Kier molecular flexibility index (Phi) is 47.8. The Morgan fingerprint density at radius 1 is 0.514 bits per heavy atom. The number of phosphoric acid groups is 1. The Bertz CT molecular complexity index is 1480. The van der Waals surface area contributed by atoms with Crippen LogP contribution in [0.4, 0.5) is 0 Å². The van der Waals surface area contributed by atoms with Gasteiger partial charge in [0.15, 0.2) is 0 Å². The van der Waals surface area contributed by atoms with Crippen molar-refractivity contribution in [2.75, 3.05) is 40.9 Å². The van der Waals surface area contributed by atoms with Gasteiger partial charge in [-0.15, -0.1) is 0 Å². The van der Waals surface area contributed by atoms with Gasteiger partial charge >= 0.3 is 5.97 Å². The molecule has 0 saturated carbocycles. The Morgan fingerprint density at radius 3 is 1.41 bits per heavy atom. The van der Waals surface area contributed by atoms with Gasteiger partial charge in [-0.05, 0) is 96.0 Å². The highest BCUT2D eigenvalue weighted by atomic mass is 31.2. The van der Waals surface area contributed by atoms with Gasteiger partial charge in [0.25, 0.3) is 7.82 Å². The zero-order chi connectivity index (χ0) is 51.5. The van der Waals surface area contributed by atoms with Crippen LogP contribution in [0.1, 0.15) is 233 Å². The average molecular weight is 999 g/mol. The molecule has 1 amide bonds. The van der Waals surface area contributed by atoms with Gasteiger partial charge in [0.1, 0.15) is 19.3 Å². The summed E-state index contributed by atoms with van der Waals surface area (Å²) in [6.07, 6.45) is 64.1. The molecular weight excluding hydrogens is 892 g/mol. The maximum Gasteiger partial charge on any atom is 0.306 e. The summed E-state index contributed by atoms with van der Waals surface area (Å²) in [5, 5.41) is 3.00. The summed E-state index contributed by atoms with van der Waals surface area (Å²) in [4.78, 5) is 39.8. The molecule has 0 radical (unpaired) electrons. The van der Waals surface area contributed by atoms with Crippen molar-refractivity contribution in [3.05, 3.63) is 85.1 Å². The number of phosphoric ester groups is 1. The highest BCUT2D eigenvalue weighted by Crippen LogP contribution is 2.38. The maximum atomic E-state index is 13.5. The van der Waals surface area contributed by atoms with Crippen LogP contribution in [0.25, 0.3) is 0 Å². The monoisotopic (exact) mass is 999 g/mol. The highest BCUT2D eigenvalue weighted by molar-refractivity contribution is 7.45. The first-order chi connectivity index (χ1) is 33.9. The molecule has 0 aromatic heterocycles. The molecule has 0 fully saturated rings. The first kappa shape index (κ1) is 67.2. The Labute approximate surface area is 431 Å². The second-order valence-electron chi connectivity index (χ2n) is 20.1. The predicted molar refractivity (Wildman–Crippen MR) is 298 cm³/mol. The number of nitrogens with zero attached hydrogens (tertiary/aromatic N) is 1. The number of unbranched alkanes of at least 4 members (excludes halogenated alkanes) is 22. The fraction of sp³-hybridized carbons (Fsp3) is 0.733. The molecule has 0 aliphatic heterocycles. The van der Waals surface area contributed by atoms with Crippen molar-refractivity contribution < 1.29 is 37.3 Å². The van der Waals surface area contributed by atoms with Crippen molar-refractivity contribution in [3.63, 3.8) is 0 Å². The first-order valence-corrected chi connectivity index (χ1v) is 29.9. The van der Waals surface area contributed by atoms with E-state index in [4.69, 9.17) is 13.8 Å². The van der Waals surface area contributed by atoms with Gasteiger partial charge < -0.3 is 28.5 Å². The standard InChI is InChI=1S/C60H107N2O7P/c1-7-10-13-16-19-22-25-27-29-31-33-35-38-41-44-47-50-53-60(64)69-58(51-48-45-42-39-36-24-21-18-15-12-9-3)57(56-68-70(65,66)67-55-54-62(4,5)6)61-59(63)52-49-46-43-40-37-34-32-30-28-26-23-20-17-14-11-8-2/h10,13,19,22,27,29-30,32-33,35,41,44,48,51,57-58H,7-9,11-12,14-18,20-21,23-26,28,31,34,36-40,42-43,45-47,49-50,52-56H2,1-6H3,(H-,61,63,65,66)/b13-10-,22-19-,29-27-,32-30+,35-33-,44-41-,51-48+. The number of amides is 1. The molecule has 404 valence electrons. The van der Waals surface area contributed by atoms with Gasteiger partial charge in [-0.25, -0.2) is 0 Å². The minimum Gasteiger partial charge on any atom is -0.756 e. The molecule has 9 nitrogen and oxygen atoms in total. The number of rotatable bonds is 50. The molecule has 1 N–H and O–H groups in total. The summed E-state index contributed by atoms with van der Waals surface area (Å²) in [6, 6.07) is -0.918. The van der Waals surface area contributed by atoms with Gasteiger partial charge in [0.2, 0.25) is 5.91 Å². The van der Waals surface area contributed by atoms with E-state index in [1.807, 2.05) is 27.2 Å². The van der Waals surface area contributed by atoms with Crippen LogP contribution in [0.2, 0.25) is 0 Å². The smallest absolute Gasteiger partial charge is 0.306 e. The third kappa shape index (κ3) is 50.1. The summed E-state index contributed by atoms with van der Waals surface area (Å²) < 4.78 is 30.1. The van der Waals surface area contributed by atoms with E-state index < -0.39 is 32.5 Å². The zero-order valence-corrected chi connectivity index (χ0v) is 46.8. The number of esters is 1. The number of likely N-dealkylation sites (N-methyl/N-ethyl adjacent to an activating group) is 1. The lowest BCUT2D eigenvalue weighted by atomic mass is 10.1. The molecule has 0 bridgehead atoms. The lowest BCUT2D eigenvalue weighted by molar-refractivity contribution is -0.870. The summed E-state index contributed by atoms with van der Waals surface area (Å²) >= 11 is 0. The van der Waals surface area contributed by atoms with Gasteiger partial charge in [-0.3, -0.25) is 14.2 Å². The summed E-state index contributed by atoms with van der Waals surface area (Å²) in [6.45, 7) is 6.66. The molecule has 0 aliphatic rings. The normalized spacial score (nSPS) is 14.4. The molecule has 0 aromatic carbocycles. The predicted octanol–water partition coefficient (Wildman–Crippen LogP) is 16.4. The molecule has 0 heterocycles. The van der Waals surface area contributed by atoms with Crippen LogP contribution < -0.4 is 10.2 Å². The topological polar surface area (TPSA) is 114 Å². The second-order valence-corrected chi connectivity index (χ2v) is 21.5. The molecule has 3 unspecified atom stereocenters. The van der Waals surface area contributed by atoms with Crippen molar-refractivity contribution in [2.45, 2.75) is 245 Å². The van der Waals surface area contributed by atoms with E-state index >= 15 is 0 Å². The van der Waals surface area contributed by atoms with Crippen LogP contribution in [0.15, 0.2) is 85.1 Å². The summed E-state index contributed by atoms with van der Waals surface area (Å²) in [5.74, 6) is -0.623. The lowest BCUT2D eigenvalue weighted by Crippen LogP contribution is -2.47. The molecular formula is C60H107N2O7P. The second kappa shape index (κ2) is 49.8. The molecule has 70 heavy (non-hydrogen) atoms. The van der Waals surface area contributed by atoms with E-state index in [1.54, 1.807) is 6.08 Å². The van der Waals surface area contributed by atoms with Crippen molar-refractivity contribution in [1.29, 1.82) is 0 Å². The van der Waals surface area contributed by atoms with Crippen LogP contribution in [0.5, 0.6) is 0 Å². The molecule has 0 saturated heterocycles. The number of hydrogen-bond acceptors (Lipinski definition) is 7. The minimum atomic E-state index is -4.71. The van der Waals surface area contributed by atoms with Crippen LogP contribution in [0.3, 0.4) is 0 Å². The Balaban J connectivity index is 5.44. The highest BCUT2D eigenvalue weighted by Gasteiger charge is 2.27. The molecule has 3 atom stereocenters. The summed E-state index contributed by atoms with van der Waals surface area (Å²) in [5.41, 5.74) is 0.